The van der Waals surface area contributed by atoms with Gasteiger partial charge in [-0.15, -0.1) is 0 Å². The number of hydrogen-bond acceptors (Lipinski definition) is 6. The van der Waals surface area contributed by atoms with E-state index in [2.05, 4.69) is 16.2 Å². The molecule has 0 fully saturated rings. The minimum atomic E-state index is -0.685. The molecule has 2 rings (SSSR count). The number of hydrazine groups is 1. The van der Waals surface area contributed by atoms with Crippen molar-refractivity contribution >= 4 is 23.2 Å². The number of ether oxygens (including phenoxy) is 1. The van der Waals surface area contributed by atoms with E-state index in [9.17, 15) is 19.7 Å². The standard InChI is InChI=1S/C16H16N4O5/c1-17-14-8-5-11(20(23)24)9-13(14)16(22)19-18-15(21)10-3-6-12(25-2)7-4-10/h3-9,17H,1-2H3,(H,18,21)(H,19,22). The van der Waals surface area contributed by atoms with E-state index >= 15 is 0 Å². The molecule has 0 aliphatic carbocycles. The van der Waals surface area contributed by atoms with E-state index in [1.165, 1.54) is 31.4 Å². The minimum Gasteiger partial charge on any atom is -0.497 e. The van der Waals surface area contributed by atoms with Gasteiger partial charge in [0.25, 0.3) is 17.5 Å². The Kier molecular flexibility index (Phi) is 5.51. The van der Waals surface area contributed by atoms with E-state index < -0.39 is 16.7 Å². The van der Waals surface area contributed by atoms with E-state index in [-0.39, 0.29) is 11.3 Å². The lowest BCUT2D eigenvalue weighted by molar-refractivity contribution is -0.384. The molecule has 0 heterocycles. The smallest absolute Gasteiger partial charge is 0.272 e. The Morgan fingerprint density at radius 1 is 1.04 bits per heavy atom. The van der Waals surface area contributed by atoms with Crippen LogP contribution in [0.1, 0.15) is 20.7 Å². The van der Waals surface area contributed by atoms with Crippen LogP contribution in [0.15, 0.2) is 42.5 Å². The van der Waals surface area contributed by atoms with Gasteiger partial charge in [-0.05, 0) is 30.3 Å². The number of amides is 2. The van der Waals surface area contributed by atoms with Crippen LogP contribution in [0.5, 0.6) is 5.75 Å². The summed E-state index contributed by atoms with van der Waals surface area (Å²) < 4.78 is 5.00. The summed E-state index contributed by atoms with van der Waals surface area (Å²) in [6, 6.07) is 10.1. The van der Waals surface area contributed by atoms with Gasteiger partial charge in [0.1, 0.15) is 5.75 Å². The maximum Gasteiger partial charge on any atom is 0.272 e. The second kappa shape index (κ2) is 7.77. The normalized spacial score (nSPS) is 9.84. The Balaban J connectivity index is 2.09. The van der Waals surface area contributed by atoms with Gasteiger partial charge in [-0.25, -0.2) is 0 Å². The lowest BCUT2D eigenvalue weighted by Gasteiger charge is -2.11. The molecule has 0 aliphatic rings. The van der Waals surface area contributed by atoms with Crippen molar-refractivity contribution in [2.45, 2.75) is 0 Å². The first kappa shape index (κ1) is 17.7. The van der Waals surface area contributed by atoms with Crippen molar-refractivity contribution in [1.82, 2.24) is 10.9 Å². The molecule has 9 heteroatoms. The number of anilines is 1. The molecule has 0 saturated heterocycles. The van der Waals surface area contributed by atoms with Gasteiger partial charge in [-0.1, -0.05) is 0 Å². The van der Waals surface area contributed by atoms with E-state index in [0.717, 1.165) is 6.07 Å². The van der Waals surface area contributed by atoms with Gasteiger partial charge in [0.15, 0.2) is 0 Å². The van der Waals surface area contributed by atoms with Crippen LogP contribution in [0.3, 0.4) is 0 Å². The number of hydrogen-bond donors (Lipinski definition) is 3. The Labute approximate surface area is 143 Å². The summed E-state index contributed by atoms with van der Waals surface area (Å²) in [7, 11) is 3.08. The summed E-state index contributed by atoms with van der Waals surface area (Å²) >= 11 is 0. The van der Waals surface area contributed by atoms with Crippen molar-refractivity contribution in [3.05, 3.63) is 63.7 Å². The molecule has 25 heavy (non-hydrogen) atoms. The minimum absolute atomic E-state index is 0.0340. The third kappa shape index (κ3) is 4.22. The average Bonchev–Trinajstić information content (AvgIpc) is 2.65. The maximum atomic E-state index is 12.2. The Morgan fingerprint density at radius 2 is 1.68 bits per heavy atom. The predicted octanol–water partition coefficient (Wildman–Crippen LogP) is 1.72. The number of nitrogens with zero attached hydrogens (tertiary/aromatic N) is 1. The molecule has 0 radical (unpaired) electrons. The fourth-order valence-corrected chi connectivity index (χ4v) is 2.05. The van der Waals surface area contributed by atoms with Gasteiger partial charge in [0, 0.05) is 30.4 Å². The van der Waals surface area contributed by atoms with Crippen LogP contribution >= 0.6 is 0 Å². The Hall–Kier alpha value is -3.62. The van der Waals surface area contributed by atoms with Crippen LogP contribution in [0.25, 0.3) is 0 Å². The molecule has 2 aromatic carbocycles. The van der Waals surface area contributed by atoms with Gasteiger partial charge in [0.2, 0.25) is 0 Å². The lowest BCUT2D eigenvalue weighted by atomic mass is 10.1. The summed E-state index contributed by atoms with van der Waals surface area (Å²) in [5.41, 5.74) is 5.00. The highest BCUT2D eigenvalue weighted by Crippen LogP contribution is 2.21. The predicted molar refractivity (Wildman–Crippen MR) is 90.6 cm³/mol. The molecule has 3 N–H and O–H groups in total. The molecular formula is C16H16N4O5. The molecule has 0 saturated carbocycles. The zero-order chi connectivity index (χ0) is 18.4. The number of methoxy groups -OCH3 is 1. The largest absolute Gasteiger partial charge is 0.497 e. The van der Waals surface area contributed by atoms with Crippen LogP contribution in [-0.2, 0) is 0 Å². The summed E-state index contributed by atoms with van der Waals surface area (Å²) in [4.78, 5) is 34.5. The Morgan fingerprint density at radius 3 is 2.24 bits per heavy atom. The zero-order valence-corrected chi connectivity index (χ0v) is 13.5. The molecule has 0 spiro atoms. The van der Waals surface area contributed by atoms with Crippen LogP contribution in [-0.4, -0.2) is 30.9 Å². The number of non-ortho nitro benzene ring substituents is 1. The van der Waals surface area contributed by atoms with Gasteiger partial charge in [-0.3, -0.25) is 30.6 Å². The van der Waals surface area contributed by atoms with Crippen LogP contribution in [0, 0.1) is 10.1 Å². The molecular weight excluding hydrogens is 328 g/mol. The molecule has 130 valence electrons. The highest BCUT2D eigenvalue weighted by Gasteiger charge is 2.17. The van der Waals surface area contributed by atoms with Crippen molar-refractivity contribution in [3.63, 3.8) is 0 Å². The third-order valence-electron chi connectivity index (χ3n) is 3.37. The molecule has 0 aromatic heterocycles. The zero-order valence-electron chi connectivity index (χ0n) is 13.5. The first-order valence-electron chi connectivity index (χ1n) is 7.17. The molecule has 0 aliphatic heterocycles. The SMILES string of the molecule is CNc1ccc([N+](=O)[O-])cc1C(=O)NNC(=O)c1ccc(OC)cc1. The number of benzene rings is 2. The third-order valence-corrected chi connectivity index (χ3v) is 3.37. The lowest BCUT2D eigenvalue weighted by Crippen LogP contribution is -2.41. The molecule has 9 nitrogen and oxygen atoms in total. The monoisotopic (exact) mass is 344 g/mol. The molecule has 0 atom stereocenters. The highest BCUT2D eigenvalue weighted by atomic mass is 16.6. The highest BCUT2D eigenvalue weighted by molar-refractivity contribution is 6.02. The second-order valence-corrected chi connectivity index (χ2v) is 4.87. The molecule has 0 unspecified atom stereocenters. The van der Waals surface area contributed by atoms with Crippen molar-refractivity contribution in [1.29, 1.82) is 0 Å². The Bertz CT molecular complexity index is 805. The first-order valence-corrected chi connectivity index (χ1v) is 7.17. The van der Waals surface area contributed by atoms with Crippen LogP contribution < -0.4 is 20.9 Å². The number of nitro groups is 1. The number of carbonyl (C=O) groups excluding carboxylic acids is 2. The fraction of sp³-hybridized carbons (Fsp3) is 0.125. The number of rotatable bonds is 5. The van der Waals surface area contributed by atoms with Crippen LogP contribution in [0.4, 0.5) is 11.4 Å². The summed E-state index contributed by atoms with van der Waals surface area (Å²) in [6.07, 6.45) is 0. The van der Waals surface area contributed by atoms with E-state index in [4.69, 9.17) is 4.74 Å². The molecule has 0 bridgehead atoms. The van der Waals surface area contributed by atoms with Gasteiger partial charge < -0.3 is 10.1 Å². The van der Waals surface area contributed by atoms with Crippen molar-refractivity contribution in [2.75, 3.05) is 19.5 Å². The number of carbonyl (C=O) groups is 2. The topological polar surface area (TPSA) is 123 Å². The second-order valence-electron chi connectivity index (χ2n) is 4.87. The van der Waals surface area contributed by atoms with Gasteiger partial charge in [-0.2, -0.15) is 0 Å². The van der Waals surface area contributed by atoms with Gasteiger partial charge >= 0.3 is 0 Å². The summed E-state index contributed by atoms with van der Waals surface area (Å²) in [6.45, 7) is 0. The van der Waals surface area contributed by atoms with Gasteiger partial charge in [0.05, 0.1) is 17.6 Å². The van der Waals surface area contributed by atoms with E-state index in [0.29, 0.717) is 17.0 Å². The fourth-order valence-electron chi connectivity index (χ4n) is 2.05. The number of nitrogens with one attached hydrogen (secondary N) is 3. The average molecular weight is 344 g/mol. The summed E-state index contributed by atoms with van der Waals surface area (Å²) in [5, 5.41) is 13.6. The van der Waals surface area contributed by atoms with Crippen LogP contribution in [0.2, 0.25) is 0 Å². The van der Waals surface area contributed by atoms with E-state index in [1.54, 1.807) is 19.2 Å². The molecule has 2 amide bonds. The maximum absolute atomic E-state index is 12.2. The van der Waals surface area contributed by atoms with Crippen molar-refractivity contribution in [2.24, 2.45) is 0 Å². The van der Waals surface area contributed by atoms with Crippen molar-refractivity contribution < 1.29 is 19.2 Å². The van der Waals surface area contributed by atoms with E-state index in [1.807, 2.05) is 0 Å². The number of nitro benzene ring substituents is 1. The molecule has 2 aromatic rings. The van der Waals surface area contributed by atoms with Crippen molar-refractivity contribution in [3.8, 4) is 5.75 Å². The first-order chi connectivity index (χ1) is 12.0. The summed E-state index contributed by atoms with van der Waals surface area (Å²) in [5.74, 6) is -0.627. The quantitative estimate of drug-likeness (QED) is 0.561.